The molecule has 3 aromatic heterocycles. The van der Waals surface area contributed by atoms with Crippen LogP contribution >= 0.6 is 0 Å². The van der Waals surface area contributed by atoms with Gasteiger partial charge in [0.15, 0.2) is 9.84 Å². The Hall–Kier alpha value is -2.74. The molecule has 0 atom stereocenters. The van der Waals surface area contributed by atoms with Crippen molar-refractivity contribution in [2.45, 2.75) is 36.9 Å². The van der Waals surface area contributed by atoms with Gasteiger partial charge in [0.25, 0.3) is 0 Å². The summed E-state index contributed by atoms with van der Waals surface area (Å²) in [5, 5.41) is 0. The zero-order valence-electron chi connectivity index (χ0n) is 17.8. The van der Waals surface area contributed by atoms with Crippen molar-refractivity contribution in [2.75, 3.05) is 18.3 Å². The predicted octanol–water partition coefficient (Wildman–Crippen LogP) is 3.06. The smallest absolute Gasteiger partial charge is 0.286 e. The largest absolute Gasteiger partial charge is 0.431 e. The van der Waals surface area contributed by atoms with Gasteiger partial charge < -0.3 is 0 Å². The van der Waals surface area contributed by atoms with Gasteiger partial charge in [0, 0.05) is 40.5 Å². The molecule has 0 radical (unpaired) electrons. The van der Waals surface area contributed by atoms with Gasteiger partial charge in [-0.15, -0.1) is 0 Å². The van der Waals surface area contributed by atoms with Crippen molar-refractivity contribution < 1.29 is 25.8 Å². The topological polar surface area (TPSA) is 116 Å². The molecule has 3 heterocycles. The summed E-state index contributed by atoms with van der Waals surface area (Å²) < 4.78 is 83.9. The molecule has 0 amide bonds. The lowest BCUT2D eigenvalue weighted by Gasteiger charge is -2.14. The Morgan fingerprint density at radius 1 is 1.18 bits per heavy atom. The van der Waals surface area contributed by atoms with Gasteiger partial charge in [0.05, 0.1) is 22.5 Å². The molecule has 1 saturated carbocycles. The van der Waals surface area contributed by atoms with Gasteiger partial charge in [-0.2, -0.15) is 17.5 Å². The van der Waals surface area contributed by atoms with Crippen LogP contribution in [0.1, 0.15) is 31.5 Å². The van der Waals surface area contributed by atoms with Crippen molar-refractivity contribution in [3.8, 4) is 11.4 Å². The van der Waals surface area contributed by atoms with Crippen LogP contribution in [-0.2, 0) is 25.7 Å². The van der Waals surface area contributed by atoms with Crippen LogP contribution in [0.4, 0.5) is 18.9 Å². The van der Waals surface area contributed by atoms with E-state index in [0.717, 1.165) is 10.5 Å². The van der Waals surface area contributed by atoms with Gasteiger partial charge in [0.1, 0.15) is 22.7 Å². The standard InChI is InChI=1S/C19H20F3N5O4S2/c1-4-33(30,31)14-7-11(25-32(2,3)29)9-23-17(14)13-10-26-16(24-13)8-15(19(20,21)22)27(18(26)28)12-5-6-12/h7-10,12H,4-6H2,1-3H3. The number of pyridine rings is 1. The molecule has 3 aromatic rings. The molecule has 1 aliphatic carbocycles. The number of imidazole rings is 1. The van der Waals surface area contributed by atoms with Crippen molar-refractivity contribution in [1.29, 1.82) is 0 Å². The van der Waals surface area contributed by atoms with Gasteiger partial charge in [-0.05, 0) is 18.9 Å². The highest BCUT2D eigenvalue weighted by atomic mass is 32.2. The minimum absolute atomic E-state index is 0.0694. The Morgan fingerprint density at radius 2 is 1.85 bits per heavy atom. The molecule has 0 spiro atoms. The van der Waals surface area contributed by atoms with Crippen LogP contribution in [-0.4, -0.2) is 49.8 Å². The number of nitrogens with zero attached hydrogens (tertiary/aromatic N) is 5. The third-order valence-electron chi connectivity index (χ3n) is 4.99. The first-order valence-electron chi connectivity index (χ1n) is 9.83. The molecule has 0 saturated heterocycles. The summed E-state index contributed by atoms with van der Waals surface area (Å²) in [4.78, 5) is 20.8. The summed E-state index contributed by atoms with van der Waals surface area (Å²) in [7, 11) is -6.48. The van der Waals surface area contributed by atoms with E-state index in [2.05, 4.69) is 14.3 Å². The summed E-state index contributed by atoms with van der Waals surface area (Å²) in [6.07, 6.45) is 1.28. The maximum absolute atomic E-state index is 13.6. The Labute approximate surface area is 187 Å². The maximum atomic E-state index is 13.6. The third kappa shape index (κ3) is 4.53. The fourth-order valence-corrected chi connectivity index (χ4v) is 5.07. The second-order valence-corrected chi connectivity index (χ2v) is 12.8. The maximum Gasteiger partial charge on any atom is 0.431 e. The van der Waals surface area contributed by atoms with E-state index < -0.39 is 43.2 Å². The van der Waals surface area contributed by atoms with E-state index >= 15 is 0 Å². The zero-order chi connectivity index (χ0) is 24.3. The highest BCUT2D eigenvalue weighted by Gasteiger charge is 2.40. The number of alkyl halides is 3. The molecule has 0 bridgehead atoms. The molecule has 9 nitrogen and oxygen atoms in total. The lowest BCUT2D eigenvalue weighted by atomic mass is 10.3. The average molecular weight is 504 g/mol. The Kier molecular flexibility index (Phi) is 5.43. The number of fused-ring (bicyclic) bond motifs is 1. The van der Waals surface area contributed by atoms with Crippen molar-refractivity contribution >= 4 is 30.9 Å². The third-order valence-corrected chi connectivity index (χ3v) is 7.39. The van der Waals surface area contributed by atoms with Gasteiger partial charge in [0.2, 0.25) is 0 Å². The van der Waals surface area contributed by atoms with Crippen molar-refractivity contribution in [3.05, 3.63) is 40.7 Å². The van der Waals surface area contributed by atoms with Crippen LogP contribution in [0.2, 0.25) is 0 Å². The quantitative estimate of drug-likeness (QED) is 0.529. The van der Waals surface area contributed by atoms with Crippen molar-refractivity contribution in [1.82, 2.24) is 18.9 Å². The molecule has 0 N–H and O–H groups in total. The Bertz CT molecular complexity index is 1550. The predicted molar refractivity (Wildman–Crippen MR) is 116 cm³/mol. The number of aromatic nitrogens is 4. The highest BCUT2D eigenvalue weighted by molar-refractivity contribution is 7.92. The van der Waals surface area contributed by atoms with Crippen LogP contribution in [0.25, 0.3) is 17.0 Å². The van der Waals surface area contributed by atoms with Gasteiger partial charge in [-0.3, -0.25) is 14.0 Å². The molecular formula is C19H20F3N5O4S2. The summed E-state index contributed by atoms with van der Waals surface area (Å²) in [5.41, 5.74) is -2.45. The summed E-state index contributed by atoms with van der Waals surface area (Å²) in [6, 6.07) is 1.42. The molecule has 14 heteroatoms. The summed E-state index contributed by atoms with van der Waals surface area (Å²) >= 11 is 0. The Morgan fingerprint density at radius 3 is 2.39 bits per heavy atom. The first-order chi connectivity index (χ1) is 15.2. The molecule has 1 fully saturated rings. The fraction of sp³-hybridized carbons (Fsp3) is 0.421. The number of sulfone groups is 1. The number of hydrogen-bond acceptors (Lipinski definition) is 7. The first-order valence-corrected chi connectivity index (χ1v) is 13.8. The van der Waals surface area contributed by atoms with Gasteiger partial charge >= 0.3 is 11.9 Å². The van der Waals surface area contributed by atoms with E-state index in [4.69, 9.17) is 0 Å². The van der Waals surface area contributed by atoms with Crippen LogP contribution in [0.3, 0.4) is 0 Å². The Balaban J connectivity index is 1.99. The molecule has 1 aliphatic rings. The van der Waals surface area contributed by atoms with E-state index in [-0.39, 0.29) is 33.4 Å². The van der Waals surface area contributed by atoms with Crippen molar-refractivity contribution in [2.24, 2.45) is 4.36 Å². The second-order valence-electron chi connectivity index (χ2n) is 7.98. The first kappa shape index (κ1) is 23.4. The van der Waals surface area contributed by atoms with E-state index in [1.165, 1.54) is 37.9 Å². The summed E-state index contributed by atoms with van der Waals surface area (Å²) in [5.74, 6) is -0.293. The fourth-order valence-electron chi connectivity index (χ4n) is 3.40. The zero-order valence-corrected chi connectivity index (χ0v) is 19.5. The van der Waals surface area contributed by atoms with Crippen LogP contribution in [0, 0.1) is 0 Å². The van der Waals surface area contributed by atoms with Crippen molar-refractivity contribution in [3.63, 3.8) is 0 Å². The van der Waals surface area contributed by atoms with Gasteiger partial charge in [-0.1, -0.05) is 6.92 Å². The molecule has 33 heavy (non-hydrogen) atoms. The number of hydrogen-bond donors (Lipinski definition) is 0. The molecule has 178 valence electrons. The minimum Gasteiger partial charge on any atom is -0.286 e. The van der Waals surface area contributed by atoms with E-state index in [1.807, 2.05) is 0 Å². The van der Waals surface area contributed by atoms with Crippen LogP contribution < -0.4 is 5.69 Å². The second kappa shape index (κ2) is 7.65. The molecule has 0 unspecified atom stereocenters. The normalized spacial score (nSPS) is 15.2. The SMILES string of the molecule is CCS(=O)(=O)c1cc(N=S(C)(C)=O)cnc1-c1cn2c(=O)n(C3CC3)c(C(F)(F)F)cc2n1. The number of halogens is 3. The van der Waals surface area contributed by atoms with E-state index in [0.29, 0.717) is 17.4 Å². The van der Waals surface area contributed by atoms with E-state index in [9.17, 15) is 30.6 Å². The lowest BCUT2D eigenvalue weighted by molar-refractivity contribution is -0.144. The molecular weight excluding hydrogens is 483 g/mol. The van der Waals surface area contributed by atoms with Crippen LogP contribution in [0.5, 0.6) is 0 Å². The lowest BCUT2D eigenvalue weighted by Crippen LogP contribution is -2.31. The average Bonchev–Trinajstić information content (AvgIpc) is 3.43. The highest BCUT2D eigenvalue weighted by Crippen LogP contribution is 2.39. The van der Waals surface area contributed by atoms with Gasteiger partial charge in [-0.25, -0.2) is 22.4 Å². The minimum atomic E-state index is -4.76. The summed E-state index contributed by atoms with van der Waals surface area (Å²) in [6.45, 7) is 1.42. The van der Waals surface area contributed by atoms with E-state index in [1.54, 1.807) is 0 Å². The molecule has 0 aliphatic heterocycles. The molecule has 0 aromatic carbocycles. The molecule has 4 rings (SSSR count). The number of rotatable bonds is 5. The van der Waals surface area contributed by atoms with Crippen LogP contribution in [0.15, 0.2) is 38.6 Å². The monoisotopic (exact) mass is 503 g/mol.